The summed E-state index contributed by atoms with van der Waals surface area (Å²) in [5.41, 5.74) is -0.663. The van der Waals surface area contributed by atoms with Crippen molar-refractivity contribution in [3.05, 3.63) is 40.3 Å². The van der Waals surface area contributed by atoms with Crippen LogP contribution in [0.3, 0.4) is 0 Å². The molecule has 0 bridgehead atoms. The van der Waals surface area contributed by atoms with Crippen LogP contribution in [0.5, 0.6) is 0 Å². The summed E-state index contributed by atoms with van der Waals surface area (Å²) in [5, 5.41) is 2.62. The maximum Gasteiger partial charge on any atom is 0.330 e. The summed E-state index contributed by atoms with van der Waals surface area (Å²) in [6, 6.07) is 8.33. The van der Waals surface area contributed by atoms with Crippen molar-refractivity contribution in [1.82, 2.24) is 19.8 Å². The lowest BCUT2D eigenvalue weighted by Gasteiger charge is -2.38. The lowest BCUT2D eigenvalue weighted by Crippen LogP contribution is -2.51. The van der Waals surface area contributed by atoms with Crippen molar-refractivity contribution in [2.75, 3.05) is 13.7 Å². The van der Waals surface area contributed by atoms with E-state index in [0.717, 1.165) is 19.4 Å². The maximum absolute atomic E-state index is 13.6. The number of ether oxygens (including phenoxy) is 1. The van der Waals surface area contributed by atoms with E-state index in [-0.39, 0.29) is 5.69 Å². The summed E-state index contributed by atoms with van der Waals surface area (Å²) in [6.45, 7) is 9.02. The molecule has 2 aromatic rings. The summed E-state index contributed by atoms with van der Waals surface area (Å²) in [6.07, 6.45) is 10.8. The van der Waals surface area contributed by atoms with Gasteiger partial charge in [0.25, 0.3) is 11.5 Å². The molecular formula is C29H44N4O4. The highest BCUT2D eigenvalue weighted by molar-refractivity contribution is 5.97. The van der Waals surface area contributed by atoms with E-state index >= 15 is 0 Å². The number of nitrogens with one attached hydrogen (secondary N) is 1. The van der Waals surface area contributed by atoms with E-state index in [1.807, 2.05) is 18.2 Å². The molecule has 1 aromatic carbocycles. The number of hydrogen-bond acceptors (Lipinski definition) is 6. The molecule has 1 atom stereocenters. The van der Waals surface area contributed by atoms with E-state index in [4.69, 9.17) is 4.74 Å². The van der Waals surface area contributed by atoms with Crippen LogP contribution in [0.1, 0.15) is 96.0 Å². The molecule has 3 rings (SSSR count). The lowest BCUT2D eigenvalue weighted by atomic mass is 9.93. The second-order valence-electron chi connectivity index (χ2n) is 10.7. The molecule has 8 heteroatoms. The Hall–Kier alpha value is -2.74. The van der Waals surface area contributed by atoms with Crippen LogP contribution in [0.2, 0.25) is 0 Å². The zero-order valence-corrected chi connectivity index (χ0v) is 23.2. The number of methoxy groups -OCH3 is 1. The van der Waals surface area contributed by atoms with Crippen LogP contribution in [-0.4, -0.2) is 57.6 Å². The molecule has 1 heterocycles. The molecule has 1 aromatic heterocycles. The Bertz CT molecular complexity index is 1120. The fraction of sp³-hybridized carbons (Fsp3) is 0.655. The van der Waals surface area contributed by atoms with Gasteiger partial charge in [0.1, 0.15) is 5.54 Å². The summed E-state index contributed by atoms with van der Waals surface area (Å²) in [4.78, 5) is 45.8. The third-order valence-electron chi connectivity index (χ3n) is 7.72. The quantitative estimate of drug-likeness (QED) is 0.465. The number of benzene rings is 1. The molecule has 204 valence electrons. The minimum atomic E-state index is -1.29. The summed E-state index contributed by atoms with van der Waals surface area (Å²) < 4.78 is 6.47. The van der Waals surface area contributed by atoms with Gasteiger partial charge in [-0.3, -0.25) is 14.5 Å². The topological polar surface area (TPSA) is 93.5 Å². The number of fused-ring (bicyclic) bond motifs is 1. The Morgan fingerprint density at radius 1 is 1.14 bits per heavy atom. The monoisotopic (exact) mass is 512 g/mol. The van der Waals surface area contributed by atoms with Crippen LogP contribution in [0, 0.1) is 0 Å². The van der Waals surface area contributed by atoms with Gasteiger partial charge in [0.15, 0.2) is 5.69 Å². The average molecular weight is 513 g/mol. The van der Waals surface area contributed by atoms with E-state index in [9.17, 15) is 14.4 Å². The highest BCUT2D eigenvalue weighted by atomic mass is 16.5. The van der Waals surface area contributed by atoms with Crippen molar-refractivity contribution in [1.29, 1.82) is 0 Å². The van der Waals surface area contributed by atoms with Crippen LogP contribution < -0.4 is 10.9 Å². The zero-order chi connectivity index (χ0) is 27.0. The SMILES string of the molecule is CC[C@@H](CCn1c(=O)c(C(=O)NC(C)(C)C(=O)OC)nc2ccccc21)N(CC)C1CCCCCCC1. The van der Waals surface area contributed by atoms with Gasteiger partial charge in [-0.2, -0.15) is 0 Å². The van der Waals surface area contributed by atoms with Gasteiger partial charge in [-0.05, 0) is 58.2 Å². The number of aromatic nitrogens is 2. The summed E-state index contributed by atoms with van der Waals surface area (Å²) in [5.74, 6) is -1.28. The molecule has 37 heavy (non-hydrogen) atoms. The minimum Gasteiger partial charge on any atom is -0.467 e. The van der Waals surface area contributed by atoms with Crippen LogP contribution >= 0.6 is 0 Å². The van der Waals surface area contributed by atoms with Crippen molar-refractivity contribution in [2.45, 2.75) is 110 Å². The first-order valence-corrected chi connectivity index (χ1v) is 13.9. The van der Waals surface area contributed by atoms with Gasteiger partial charge in [0.2, 0.25) is 0 Å². The van der Waals surface area contributed by atoms with Gasteiger partial charge >= 0.3 is 5.97 Å². The number of carbonyl (C=O) groups is 2. The minimum absolute atomic E-state index is 0.212. The van der Waals surface area contributed by atoms with Gasteiger partial charge < -0.3 is 14.6 Å². The summed E-state index contributed by atoms with van der Waals surface area (Å²) in [7, 11) is 1.26. The predicted octanol–water partition coefficient (Wildman–Crippen LogP) is 4.68. The third-order valence-corrected chi connectivity index (χ3v) is 7.72. The van der Waals surface area contributed by atoms with Gasteiger partial charge in [-0.15, -0.1) is 0 Å². The fourth-order valence-corrected chi connectivity index (χ4v) is 5.67. The van der Waals surface area contributed by atoms with Crippen molar-refractivity contribution in [2.24, 2.45) is 0 Å². The Balaban J connectivity index is 1.89. The van der Waals surface area contributed by atoms with Crippen LogP contribution in [0.4, 0.5) is 0 Å². The molecule has 1 aliphatic carbocycles. The first-order valence-electron chi connectivity index (χ1n) is 13.9. The molecule has 1 fully saturated rings. The van der Waals surface area contributed by atoms with Crippen molar-refractivity contribution < 1.29 is 14.3 Å². The van der Waals surface area contributed by atoms with E-state index in [1.54, 1.807) is 10.6 Å². The van der Waals surface area contributed by atoms with E-state index in [2.05, 4.69) is 29.0 Å². The van der Waals surface area contributed by atoms with Crippen LogP contribution in [0.25, 0.3) is 11.0 Å². The van der Waals surface area contributed by atoms with E-state index < -0.39 is 23.0 Å². The van der Waals surface area contributed by atoms with E-state index in [1.165, 1.54) is 65.9 Å². The molecule has 0 radical (unpaired) electrons. The van der Waals surface area contributed by atoms with Gasteiger partial charge in [-0.1, -0.05) is 58.1 Å². The lowest BCUT2D eigenvalue weighted by molar-refractivity contribution is -0.146. The predicted molar refractivity (Wildman–Crippen MR) is 147 cm³/mol. The largest absolute Gasteiger partial charge is 0.467 e. The maximum atomic E-state index is 13.6. The molecular weight excluding hydrogens is 468 g/mol. The zero-order valence-electron chi connectivity index (χ0n) is 23.2. The average Bonchev–Trinajstić information content (AvgIpc) is 2.86. The standard InChI is InChI=1S/C29H44N4O4/c1-6-21(32(7-2)22-15-11-9-8-10-12-16-22)19-20-33-24-18-14-13-17-23(24)30-25(27(33)35)26(34)31-29(3,4)28(36)37-5/h13-14,17-18,21-22H,6-12,15-16,19-20H2,1-5H3,(H,31,34)/t21-/m0/s1. The number of amides is 1. The molecule has 0 spiro atoms. The number of nitrogens with zero attached hydrogens (tertiary/aromatic N) is 3. The number of para-hydroxylation sites is 2. The third kappa shape index (κ3) is 6.98. The Kier molecular flexibility index (Phi) is 10.3. The van der Waals surface area contributed by atoms with Gasteiger partial charge in [0, 0.05) is 18.6 Å². The Labute approximate surface area is 220 Å². The molecule has 1 aliphatic rings. The Morgan fingerprint density at radius 3 is 2.41 bits per heavy atom. The van der Waals surface area contributed by atoms with Gasteiger partial charge in [-0.25, -0.2) is 9.78 Å². The number of hydrogen-bond donors (Lipinski definition) is 1. The van der Waals surface area contributed by atoms with E-state index in [0.29, 0.717) is 29.7 Å². The number of esters is 1. The highest BCUT2D eigenvalue weighted by Gasteiger charge is 2.33. The Morgan fingerprint density at radius 2 is 1.78 bits per heavy atom. The van der Waals surface area contributed by atoms with Crippen molar-refractivity contribution in [3.63, 3.8) is 0 Å². The molecule has 0 aliphatic heterocycles. The van der Waals surface area contributed by atoms with Crippen molar-refractivity contribution >= 4 is 22.9 Å². The number of carbonyl (C=O) groups excluding carboxylic acids is 2. The molecule has 0 unspecified atom stereocenters. The molecule has 1 saturated carbocycles. The molecule has 1 amide bonds. The van der Waals surface area contributed by atoms with Crippen LogP contribution in [0.15, 0.2) is 29.1 Å². The smallest absolute Gasteiger partial charge is 0.330 e. The van der Waals surface area contributed by atoms with Crippen molar-refractivity contribution in [3.8, 4) is 0 Å². The normalized spacial score (nSPS) is 16.3. The first-order chi connectivity index (χ1) is 17.7. The fourth-order valence-electron chi connectivity index (χ4n) is 5.67. The number of aryl methyl sites for hydroxylation is 1. The highest BCUT2D eigenvalue weighted by Crippen LogP contribution is 2.25. The van der Waals surface area contributed by atoms with Crippen LogP contribution in [-0.2, 0) is 16.1 Å². The molecule has 8 nitrogen and oxygen atoms in total. The number of rotatable bonds is 10. The first kappa shape index (κ1) is 28.8. The molecule has 0 saturated heterocycles. The molecule has 1 N–H and O–H groups in total. The summed E-state index contributed by atoms with van der Waals surface area (Å²) >= 11 is 0. The second-order valence-corrected chi connectivity index (χ2v) is 10.7. The second kappa shape index (κ2) is 13.2. The van der Waals surface area contributed by atoms with Gasteiger partial charge in [0.05, 0.1) is 18.1 Å².